The molecule has 2 N–H and O–H groups in total. The van der Waals surface area contributed by atoms with Crippen LogP contribution in [0.25, 0.3) is 0 Å². The molecule has 2 rings (SSSR count). The fourth-order valence-corrected chi connectivity index (χ4v) is 1.50. The lowest BCUT2D eigenvalue weighted by atomic mass is 10.1. The smallest absolute Gasteiger partial charge is 0.271 e. The average molecular weight is 269 g/mol. The first-order valence-corrected chi connectivity index (χ1v) is 5.56. The maximum Gasteiger partial charge on any atom is 0.271 e. The minimum Gasteiger partial charge on any atom is -0.349 e. The van der Waals surface area contributed by atoms with Gasteiger partial charge < -0.3 is 5.32 Å². The van der Waals surface area contributed by atoms with E-state index in [-0.39, 0.29) is 17.0 Å². The molecule has 5 nitrogen and oxygen atoms in total. The monoisotopic (exact) mass is 268 g/mol. The number of anilines is 1. The molecule has 2 aromatic heterocycles. The second-order valence-corrected chi connectivity index (χ2v) is 4.12. The number of pyridine rings is 1. The van der Waals surface area contributed by atoms with Gasteiger partial charge in [0.15, 0.2) is 0 Å². The standard InChI is InChI=1S/C11H10ClFN4O/c1-6(7-2-8(13)4-14-3-7)16-11-15-5-9(12)10(18)17-11/h2-6H,1H3,(H2,15,16,17,18)/t6-/m0/s1. The van der Waals surface area contributed by atoms with Gasteiger partial charge >= 0.3 is 0 Å². The summed E-state index contributed by atoms with van der Waals surface area (Å²) >= 11 is 5.56. The second kappa shape index (κ2) is 5.14. The molecule has 0 aliphatic heterocycles. The van der Waals surface area contributed by atoms with Crippen LogP contribution in [0, 0.1) is 5.82 Å². The molecule has 1 atom stereocenters. The first-order valence-electron chi connectivity index (χ1n) is 5.18. The molecule has 0 aliphatic rings. The van der Waals surface area contributed by atoms with Crippen LogP contribution in [0.4, 0.5) is 10.3 Å². The van der Waals surface area contributed by atoms with Gasteiger partial charge in [0.25, 0.3) is 5.56 Å². The Bertz CT molecular complexity index is 616. The van der Waals surface area contributed by atoms with Gasteiger partial charge in [0.2, 0.25) is 5.95 Å². The van der Waals surface area contributed by atoms with Crippen molar-refractivity contribution in [3.8, 4) is 0 Å². The number of halogens is 2. The average Bonchev–Trinajstić information content (AvgIpc) is 2.34. The van der Waals surface area contributed by atoms with Crippen molar-refractivity contribution in [3.05, 3.63) is 51.4 Å². The van der Waals surface area contributed by atoms with Crippen LogP contribution in [0.5, 0.6) is 0 Å². The molecule has 0 saturated carbocycles. The molecule has 0 amide bonds. The Morgan fingerprint density at radius 2 is 2.22 bits per heavy atom. The van der Waals surface area contributed by atoms with Gasteiger partial charge in [0.05, 0.1) is 18.4 Å². The number of nitrogens with zero attached hydrogens (tertiary/aromatic N) is 2. The number of hydrogen-bond acceptors (Lipinski definition) is 4. The Morgan fingerprint density at radius 1 is 1.44 bits per heavy atom. The summed E-state index contributed by atoms with van der Waals surface area (Å²) in [5.41, 5.74) is 0.214. The molecule has 2 heterocycles. The quantitative estimate of drug-likeness (QED) is 0.895. The predicted molar refractivity (Wildman–Crippen MR) is 66.1 cm³/mol. The van der Waals surface area contributed by atoms with E-state index in [0.29, 0.717) is 5.56 Å². The van der Waals surface area contributed by atoms with E-state index in [0.717, 1.165) is 6.20 Å². The summed E-state index contributed by atoms with van der Waals surface area (Å²) < 4.78 is 13.0. The number of rotatable bonds is 3. The molecular formula is C11H10ClFN4O. The van der Waals surface area contributed by atoms with Gasteiger partial charge in [-0.15, -0.1) is 0 Å². The van der Waals surface area contributed by atoms with Crippen LogP contribution in [-0.2, 0) is 0 Å². The van der Waals surface area contributed by atoms with Crippen molar-refractivity contribution in [1.82, 2.24) is 15.0 Å². The van der Waals surface area contributed by atoms with Gasteiger partial charge in [-0.05, 0) is 18.6 Å². The highest BCUT2D eigenvalue weighted by Crippen LogP contribution is 2.16. The summed E-state index contributed by atoms with van der Waals surface area (Å²) in [5, 5.41) is 2.94. The lowest BCUT2D eigenvalue weighted by Crippen LogP contribution is -2.15. The van der Waals surface area contributed by atoms with E-state index in [1.54, 1.807) is 6.92 Å². The molecule has 18 heavy (non-hydrogen) atoms. The molecule has 0 bridgehead atoms. The lowest BCUT2D eigenvalue weighted by Gasteiger charge is -2.13. The minimum absolute atomic E-state index is 0.0145. The molecule has 2 aromatic rings. The Balaban J connectivity index is 2.18. The van der Waals surface area contributed by atoms with E-state index in [2.05, 4.69) is 20.3 Å². The molecule has 0 aliphatic carbocycles. The second-order valence-electron chi connectivity index (χ2n) is 3.71. The van der Waals surface area contributed by atoms with Crippen LogP contribution in [0.1, 0.15) is 18.5 Å². The van der Waals surface area contributed by atoms with Crippen molar-refractivity contribution in [2.24, 2.45) is 0 Å². The molecule has 0 aromatic carbocycles. The summed E-state index contributed by atoms with van der Waals surface area (Å²) in [4.78, 5) is 21.4. The lowest BCUT2D eigenvalue weighted by molar-refractivity contribution is 0.616. The number of aromatic amines is 1. The third-order valence-electron chi connectivity index (χ3n) is 2.34. The summed E-state index contributed by atoms with van der Waals surface area (Å²) in [6.45, 7) is 1.80. The minimum atomic E-state index is -0.432. The van der Waals surface area contributed by atoms with E-state index in [9.17, 15) is 9.18 Å². The molecule has 7 heteroatoms. The highest BCUT2D eigenvalue weighted by atomic mass is 35.5. The Kier molecular flexibility index (Phi) is 3.57. The van der Waals surface area contributed by atoms with Crippen LogP contribution < -0.4 is 10.9 Å². The number of aromatic nitrogens is 3. The maximum absolute atomic E-state index is 13.0. The predicted octanol–water partition coefficient (Wildman–Crippen LogP) is 2.13. The zero-order valence-electron chi connectivity index (χ0n) is 9.45. The van der Waals surface area contributed by atoms with Crippen molar-refractivity contribution in [1.29, 1.82) is 0 Å². The highest BCUT2D eigenvalue weighted by Gasteiger charge is 2.08. The number of H-pyrrole nitrogens is 1. The Morgan fingerprint density at radius 3 is 2.89 bits per heavy atom. The summed E-state index contributed by atoms with van der Waals surface area (Å²) in [6, 6.07) is 1.11. The molecular weight excluding hydrogens is 259 g/mol. The van der Waals surface area contributed by atoms with Crippen molar-refractivity contribution >= 4 is 17.5 Å². The maximum atomic E-state index is 13.0. The number of nitrogens with one attached hydrogen (secondary N) is 2. The van der Waals surface area contributed by atoms with E-state index < -0.39 is 11.4 Å². The first-order chi connectivity index (χ1) is 8.56. The molecule has 0 unspecified atom stereocenters. The van der Waals surface area contributed by atoms with Gasteiger partial charge in [-0.25, -0.2) is 9.37 Å². The van der Waals surface area contributed by atoms with Crippen LogP contribution in [-0.4, -0.2) is 15.0 Å². The zero-order valence-corrected chi connectivity index (χ0v) is 10.2. The van der Waals surface area contributed by atoms with E-state index >= 15 is 0 Å². The number of hydrogen-bond donors (Lipinski definition) is 2. The first kappa shape index (κ1) is 12.5. The van der Waals surface area contributed by atoms with E-state index in [1.807, 2.05) is 0 Å². The van der Waals surface area contributed by atoms with Crippen molar-refractivity contribution in [2.45, 2.75) is 13.0 Å². The molecule has 0 spiro atoms. The van der Waals surface area contributed by atoms with Gasteiger partial charge in [0.1, 0.15) is 10.8 Å². The summed E-state index contributed by atoms with van der Waals surface area (Å²) in [6.07, 6.45) is 3.91. The van der Waals surface area contributed by atoms with Crippen LogP contribution in [0.15, 0.2) is 29.5 Å². The fourth-order valence-electron chi connectivity index (χ4n) is 1.41. The Hall–Kier alpha value is -1.95. The van der Waals surface area contributed by atoms with Crippen molar-refractivity contribution in [2.75, 3.05) is 5.32 Å². The third kappa shape index (κ3) is 2.84. The van der Waals surface area contributed by atoms with E-state index in [1.165, 1.54) is 18.5 Å². The molecule has 0 saturated heterocycles. The SMILES string of the molecule is C[C@H](Nc1ncc(Cl)c(=O)[nH]1)c1cncc(F)c1. The topological polar surface area (TPSA) is 70.7 Å². The van der Waals surface area contributed by atoms with Crippen molar-refractivity contribution in [3.63, 3.8) is 0 Å². The summed E-state index contributed by atoms with van der Waals surface area (Å²) in [5.74, 6) is -0.153. The van der Waals surface area contributed by atoms with E-state index in [4.69, 9.17) is 11.6 Å². The Labute approximate surface area is 107 Å². The molecule has 94 valence electrons. The van der Waals surface area contributed by atoms with Gasteiger partial charge in [-0.2, -0.15) is 0 Å². The van der Waals surface area contributed by atoms with Gasteiger partial charge in [0, 0.05) is 6.20 Å². The van der Waals surface area contributed by atoms with Crippen molar-refractivity contribution < 1.29 is 4.39 Å². The highest BCUT2D eigenvalue weighted by molar-refractivity contribution is 6.30. The normalized spacial score (nSPS) is 12.2. The largest absolute Gasteiger partial charge is 0.349 e. The van der Waals surface area contributed by atoms with Gasteiger partial charge in [-0.1, -0.05) is 11.6 Å². The zero-order chi connectivity index (χ0) is 13.1. The van der Waals surface area contributed by atoms with Crippen LogP contribution in [0.2, 0.25) is 5.02 Å². The summed E-state index contributed by atoms with van der Waals surface area (Å²) in [7, 11) is 0. The molecule has 0 fully saturated rings. The van der Waals surface area contributed by atoms with Crippen LogP contribution in [0.3, 0.4) is 0 Å². The fraction of sp³-hybridized carbons (Fsp3) is 0.182. The molecule has 0 radical (unpaired) electrons. The van der Waals surface area contributed by atoms with Gasteiger partial charge in [-0.3, -0.25) is 14.8 Å². The van der Waals surface area contributed by atoms with Crippen LogP contribution >= 0.6 is 11.6 Å². The third-order valence-corrected chi connectivity index (χ3v) is 2.60.